The van der Waals surface area contributed by atoms with Crippen molar-refractivity contribution in [1.82, 2.24) is 20.2 Å². The summed E-state index contributed by atoms with van der Waals surface area (Å²) in [6.07, 6.45) is -0.730. The summed E-state index contributed by atoms with van der Waals surface area (Å²) in [7, 11) is 2.73. The Labute approximate surface area is 236 Å². The number of carbonyl (C=O) groups is 2. The number of fused-ring (bicyclic) bond motifs is 1. The van der Waals surface area contributed by atoms with E-state index in [1.54, 1.807) is 25.7 Å². The van der Waals surface area contributed by atoms with Gasteiger partial charge in [0.05, 0.1) is 37.6 Å². The Hall–Kier alpha value is -4.42. The lowest BCUT2D eigenvalue weighted by Crippen LogP contribution is -2.50. The van der Waals surface area contributed by atoms with Crippen molar-refractivity contribution >= 4 is 34.7 Å². The van der Waals surface area contributed by atoms with Crippen LogP contribution in [0.3, 0.4) is 0 Å². The molecule has 4 rings (SSSR count). The van der Waals surface area contributed by atoms with Gasteiger partial charge in [-0.2, -0.15) is 4.98 Å². The SMILES string of the molecule is COc1cc2nc(N3CCN(C(=O)C[C@@H](NC(=O)OC(C)(C)C)c4ccc(F)cc4)CC3)nc(N)c2c(F)c1OC. The molecule has 220 valence electrons. The van der Waals surface area contributed by atoms with Crippen molar-refractivity contribution in [2.45, 2.75) is 38.8 Å². The van der Waals surface area contributed by atoms with Crippen LogP contribution in [0.15, 0.2) is 30.3 Å². The molecule has 41 heavy (non-hydrogen) atoms. The van der Waals surface area contributed by atoms with Crippen LogP contribution in [0.25, 0.3) is 10.9 Å². The second-order valence-corrected chi connectivity index (χ2v) is 10.6. The summed E-state index contributed by atoms with van der Waals surface area (Å²) in [4.78, 5) is 38.1. The summed E-state index contributed by atoms with van der Waals surface area (Å²) in [5.41, 5.74) is 6.21. The van der Waals surface area contributed by atoms with Gasteiger partial charge in [-0.05, 0) is 38.5 Å². The highest BCUT2D eigenvalue weighted by atomic mass is 19.1. The third-order valence-electron chi connectivity index (χ3n) is 6.54. The summed E-state index contributed by atoms with van der Waals surface area (Å²) < 4.78 is 44.3. The molecule has 2 heterocycles. The lowest BCUT2D eigenvalue weighted by Gasteiger charge is -2.35. The van der Waals surface area contributed by atoms with Gasteiger partial charge in [0.1, 0.15) is 17.2 Å². The van der Waals surface area contributed by atoms with Gasteiger partial charge in [-0.25, -0.2) is 18.6 Å². The van der Waals surface area contributed by atoms with E-state index in [4.69, 9.17) is 19.9 Å². The molecule has 1 aliphatic heterocycles. The molecule has 1 aliphatic rings. The first kappa shape index (κ1) is 29.6. The molecule has 2 aromatic carbocycles. The lowest BCUT2D eigenvalue weighted by atomic mass is 10.0. The number of aromatic nitrogens is 2. The van der Waals surface area contributed by atoms with Gasteiger partial charge >= 0.3 is 6.09 Å². The molecule has 0 aliphatic carbocycles. The second kappa shape index (κ2) is 12.0. The van der Waals surface area contributed by atoms with E-state index in [2.05, 4.69) is 15.3 Å². The van der Waals surface area contributed by atoms with Crippen molar-refractivity contribution in [3.05, 3.63) is 47.5 Å². The number of rotatable bonds is 7. The van der Waals surface area contributed by atoms with E-state index in [1.165, 1.54) is 44.6 Å². The predicted octanol–water partition coefficient (Wildman–Crippen LogP) is 3.81. The maximum Gasteiger partial charge on any atom is 0.408 e. The Morgan fingerprint density at radius 2 is 1.71 bits per heavy atom. The number of amides is 2. The van der Waals surface area contributed by atoms with E-state index < -0.39 is 29.4 Å². The van der Waals surface area contributed by atoms with E-state index in [0.29, 0.717) is 37.7 Å². The normalized spacial score (nSPS) is 14.5. The summed E-state index contributed by atoms with van der Waals surface area (Å²) in [6, 6.07) is 6.41. The van der Waals surface area contributed by atoms with Gasteiger partial charge < -0.3 is 35.1 Å². The Balaban J connectivity index is 1.47. The number of piperazine rings is 1. The largest absolute Gasteiger partial charge is 0.493 e. The minimum Gasteiger partial charge on any atom is -0.493 e. The van der Waals surface area contributed by atoms with E-state index in [0.717, 1.165) is 0 Å². The van der Waals surface area contributed by atoms with Gasteiger partial charge in [-0.1, -0.05) is 12.1 Å². The molecule has 0 saturated carbocycles. The average molecular weight is 573 g/mol. The molecule has 0 bridgehead atoms. The van der Waals surface area contributed by atoms with Crippen molar-refractivity contribution in [2.75, 3.05) is 51.0 Å². The van der Waals surface area contributed by atoms with E-state index in [9.17, 15) is 14.0 Å². The third kappa shape index (κ3) is 6.84. The average Bonchev–Trinajstić information content (AvgIpc) is 2.91. The van der Waals surface area contributed by atoms with Crippen LogP contribution in [0, 0.1) is 11.6 Å². The molecule has 13 heteroatoms. The monoisotopic (exact) mass is 572 g/mol. The molecule has 0 unspecified atom stereocenters. The van der Waals surface area contributed by atoms with Crippen molar-refractivity contribution in [3.8, 4) is 11.5 Å². The number of halogens is 2. The van der Waals surface area contributed by atoms with Gasteiger partial charge in [0.25, 0.3) is 0 Å². The highest BCUT2D eigenvalue weighted by molar-refractivity contribution is 5.92. The van der Waals surface area contributed by atoms with E-state index in [-0.39, 0.29) is 40.5 Å². The van der Waals surface area contributed by atoms with Crippen molar-refractivity contribution in [2.24, 2.45) is 0 Å². The number of alkyl carbamates (subject to hydrolysis) is 1. The molecule has 1 saturated heterocycles. The molecule has 1 atom stereocenters. The zero-order valence-electron chi connectivity index (χ0n) is 23.7. The Morgan fingerprint density at radius 1 is 1.05 bits per heavy atom. The number of methoxy groups -OCH3 is 2. The quantitative estimate of drug-likeness (QED) is 0.434. The maximum absolute atomic E-state index is 15.0. The topological polar surface area (TPSA) is 132 Å². The van der Waals surface area contributed by atoms with Crippen LogP contribution >= 0.6 is 0 Å². The molecular weight excluding hydrogens is 538 g/mol. The standard InChI is InChI=1S/C28H34F2N6O5/c1-28(2,3)41-27(38)33-18(16-6-8-17(29)9-7-16)15-21(37)35-10-12-36(13-11-35)26-32-19-14-20(39-4)24(40-5)23(30)22(19)25(31)34-26/h6-9,14,18H,10-13,15H2,1-5H3,(H,33,38)(H2,31,32,34)/t18-/m1/s1. The molecular formula is C28H34F2N6O5. The second-order valence-electron chi connectivity index (χ2n) is 10.6. The van der Waals surface area contributed by atoms with Crippen molar-refractivity contribution < 1.29 is 32.6 Å². The molecule has 1 fully saturated rings. The smallest absolute Gasteiger partial charge is 0.408 e. The fourth-order valence-corrected chi connectivity index (χ4v) is 4.56. The minimum absolute atomic E-state index is 0.0320. The summed E-state index contributed by atoms with van der Waals surface area (Å²) in [5, 5.41) is 2.77. The molecule has 1 aromatic heterocycles. The summed E-state index contributed by atoms with van der Waals surface area (Å²) >= 11 is 0. The number of anilines is 2. The first-order valence-electron chi connectivity index (χ1n) is 13.1. The van der Waals surface area contributed by atoms with Crippen LogP contribution in [0.4, 0.5) is 25.3 Å². The Morgan fingerprint density at radius 3 is 2.29 bits per heavy atom. The third-order valence-corrected chi connectivity index (χ3v) is 6.54. The zero-order valence-corrected chi connectivity index (χ0v) is 23.7. The number of ether oxygens (including phenoxy) is 3. The Kier molecular flexibility index (Phi) is 8.64. The van der Waals surface area contributed by atoms with Gasteiger partial charge in [0.15, 0.2) is 17.3 Å². The number of benzene rings is 2. The molecule has 0 radical (unpaired) electrons. The fraction of sp³-hybridized carbons (Fsp3) is 0.429. The fourth-order valence-electron chi connectivity index (χ4n) is 4.56. The number of carbonyl (C=O) groups excluding carboxylic acids is 2. The van der Waals surface area contributed by atoms with Crippen LogP contribution in [-0.4, -0.2) is 72.9 Å². The van der Waals surface area contributed by atoms with Crippen molar-refractivity contribution in [3.63, 3.8) is 0 Å². The number of hydrogen-bond donors (Lipinski definition) is 2. The maximum atomic E-state index is 15.0. The summed E-state index contributed by atoms with van der Waals surface area (Å²) in [6.45, 7) is 6.70. The lowest BCUT2D eigenvalue weighted by molar-refractivity contribution is -0.132. The molecule has 2 amide bonds. The van der Waals surface area contributed by atoms with Crippen LogP contribution in [0.5, 0.6) is 11.5 Å². The van der Waals surface area contributed by atoms with Gasteiger partial charge in [-0.15, -0.1) is 0 Å². The van der Waals surface area contributed by atoms with Crippen LogP contribution < -0.4 is 25.4 Å². The molecule has 11 nitrogen and oxygen atoms in total. The van der Waals surface area contributed by atoms with Crippen LogP contribution in [0.2, 0.25) is 0 Å². The van der Waals surface area contributed by atoms with Gasteiger partial charge in [0, 0.05) is 32.2 Å². The van der Waals surface area contributed by atoms with E-state index >= 15 is 4.39 Å². The molecule has 0 spiro atoms. The predicted molar refractivity (Wildman–Crippen MR) is 149 cm³/mol. The highest BCUT2D eigenvalue weighted by Crippen LogP contribution is 2.38. The van der Waals surface area contributed by atoms with Crippen molar-refractivity contribution in [1.29, 1.82) is 0 Å². The number of nitrogens with one attached hydrogen (secondary N) is 1. The number of nitrogen functional groups attached to an aromatic ring is 1. The van der Waals surface area contributed by atoms with Crippen LogP contribution in [-0.2, 0) is 9.53 Å². The van der Waals surface area contributed by atoms with Gasteiger partial charge in [-0.3, -0.25) is 4.79 Å². The molecule has 3 N–H and O–H groups in total. The highest BCUT2D eigenvalue weighted by Gasteiger charge is 2.28. The van der Waals surface area contributed by atoms with Gasteiger partial charge in [0.2, 0.25) is 11.9 Å². The summed E-state index contributed by atoms with van der Waals surface area (Å²) in [5.74, 6) is -1.00. The molecule has 3 aromatic rings. The number of hydrogen-bond acceptors (Lipinski definition) is 9. The Bertz CT molecular complexity index is 1420. The van der Waals surface area contributed by atoms with Crippen LogP contribution in [0.1, 0.15) is 38.8 Å². The number of nitrogens with two attached hydrogens (primary N) is 1. The first-order valence-corrected chi connectivity index (χ1v) is 13.1. The minimum atomic E-state index is -0.727. The number of nitrogens with zero attached hydrogens (tertiary/aromatic N) is 4. The first-order chi connectivity index (χ1) is 19.4. The zero-order chi connectivity index (χ0) is 29.9. The van der Waals surface area contributed by atoms with E-state index in [1.807, 2.05) is 4.90 Å².